The number of carboxylic acid groups (broad SMARTS) is 1. The zero-order chi connectivity index (χ0) is 14.4. The van der Waals surface area contributed by atoms with E-state index >= 15 is 0 Å². The lowest BCUT2D eigenvalue weighted by Crippen LogP contribution is -2.47. The van der Waals surface area contributed by atoms with E-state index in [1.165, 1.54) is 0 Å². The van der Waals surface area contributed by atoms with E-state index < -0.39 is 5.97 Å². The van der Waals surface area contributed by atoms with Crippen LogP contribution in [0.3, 0.4) is 0 Å². The normalized spacial score (nSPS) is 24.6. The third-order valence-corrected chi connectivity index (χ3v) is 4.09. The van der Waals surface area contributed by atoms with E-state index in [1.807, 2.05) is 14.0 Å². The molecule has 110 valence electrons. The van der Waals surface area contributed by atoms with Crippen molar-refractivity contribution in [2.75, 3.05) is 7.05 Å². The number of nitrogens with one attached hydrogen (secondary N) is 1. The third kappa shape index (κ3) is 4.73. The highest BCUT2D eigenvalue weighted by Crippen LogP contribution is 2.24. The second-order valence-corrected chi connectivity index (χ2v) is 5.58. The molecule has 2 N–H and O–H groups in total. The van der Waals surface area contributed by atoms with Gasteiger partial charge in [0.25, 0.3) is 0 Å². The maximum atomic E-state index is 12.0. The van der Waals surface area contributed by atoms with Crippen LogP contribution in [-0.4, -0.2) is 41.1 Å². The highest BCUT2D eigenvalue weighted by molar-refractivity contribution is 5.74. The summed E-state index contributed by atoms with van der Waals surface area (Å²) in [6, 6.07) is 0.319. The molecule has 1 saturated carbocycles. The molecule has 0 aromatic heterocycles. The van der Waals surface area contributed by atoms with Crippen molar-refractivity contribution in [1.29, 1.82) is 0 Å². The summed E-state index contributed by atoms with van der Waals surface area (Å²) < 4.78 is 0. The van der Waals surface area contributed by atoms with Gasteiger partial charge in [-0.05, 0) is 39.0 Å². The van der Waals surface area contributed by atoms with E-state index in [9.17, 15) is 9.59 Å². The molecular formula is C14H26N2O3. The van der Waals surface area contributed by atoms with Crippen molar-refractivity contribution in [3.63, 3.8) is 0 Å². The number of carboxylic acids is 1. The molecule has 0 aliphatic heterocycles. The van der Waals surface area contributed by atoms with E-state index in [0.717, 1.165) is 25.7 Å². The van der Waals surface area contributed by atoms with E-state index in [0.29, 0.717) is 12.8 Å². The van der Waals surface area contributed by atoms with Crippen molar-refractivity contribution in [2.24, 2.45) is 5.92 Å². The monoisotopic (exact) mass is 270 g/mol. The Balaban J connectivity index is 2.36. The number of carbonyl (C=O) groups is 2. The Kier molecular flexibility index (Phi) is 6.12. The maximum absolute atomic E-state index is 12.0. The Labute approximate surface area is 115 Å². The van der Waals surface area contributed by atoms with Gasteiger partial charge in [0.2, 0.25) is 0 Å². The van der Waals surface area contributed by atoms with Crippen molar-refractivity contribution < 1.29 is 14.7 Å². The molecule has 5 nitrogen and oxygen atoms in total. The molecule has 1 atom stereocenters. The van der Waals surface area contributed by atoms with E-state index in [2.05, 4.69) is 12.2 Å². The molecule has 1 aliphatic rings. The fourth-order valence-corrected chi connectivity index (χ4v) is 2.57. The standard InChI is InChI=1S/C14H26N2O3/c1-4-5-10(2)16(3)14(19)15-12-8-6-11(7-9-12)13(17)18/h10-12H,4-9H2,1-3H3,(H,15,19)(H,17,18). The molecule has 19 heavy (non-hydrogen) atoms. The van der Waals surface area contributed by atoms with Crippen LogP contribution in [0.4, 0.5) is 4.79 Å². The van der Waals surface area contributed by atoms with E-state index in [1.54, 1.807) is 4.90 Å². The number of hydrogen-bond acceptors (Lipinski definition) is 2. The highest BCUT2D eigenvalue weighted by atomic mass is 16.4. The minimum Gasteiger partial charge on any atom is -0.481 e. The van der Waals surface area contributed by atoms with Crippen LogP contribution in [0.2, 0.25) is 0 Å². The Morgan fingerprint density at radius 1 is 1.32 bits per heavy atom. The summed E-state index contributed by atoms with van der Waals surface area (Å²) in [4.78, 5) is 24.6. The topological polar surface area (TPSA) is 69.6 Å². The number of carbonyl (C=O) groups excluding carboxylic acids is 1. The Morgan fingerprint density at radius 2 is 1.89 bits per heavy atom. The third-order valence-electron chi connectivity index (χ3n) is 4.09. The Morgan fingerprint density at radius 3 is 2.37 bits per heavy atom. The second kappa shape index (κ2) is 7.36. The maximum Gasteiger partial charge on any atom is 0.317 e. The fourth-order valence-electron chi connectivity index (χ4n) is 2.57. The Hall–Kier alpha value is -1.26. The number of amides is 2. The minimum absolute atomic E-state index is 0.0419. The quantitative estimate of drug-likeness (QED) is 0.806. The molecule has 1 aliphatic carbocycles. The molecule has 0 radical (unpaired) electrons. The summed E-state index contributed by atoms with van der Waals surface area (Å²) in [6.07, 6.45) is 4.90. The molecule has 0 bridgehead atoms. The first-order chi connectivity index (χ1) is 8.95. The lowest BCUT2D eigenvalue weighted by atomic mass is 9.86. The van der Waals surface area contributed by atoms with Crippen molar-refractivity contribution in [1.82, 2.24) is 10.2 Å². The highest BCUT2D eigenvalue weighted by Gasteiger charge is 2.27. The van der Waals surface area contributed by atoms with Gasteiger partial charge in [0.1, 0.15) is 0 Å². The molecule has 1 unspecified atom stereocenters. The van der Waals surface area contributed by atoms with Gasteiger partial charge in [0, 0.05) is 19.1 Å². The van der Waals surface area contributed by atoms with E-state index in [4.69, 9.17) is 5.11 Å². The molecule has 1 fully saturated rings. The molecule has 0 aromatic rings. The zero-order valence-corrected chi connectivity index (χ0v) is 12.2. The lowest BCUT2D eigenvalue weighted by molar-refractivity contribution is -0.142. The van der Waals surface area contributed by atoms with Crippen molar-refractivity contribution >= 4 is 12.0 Å². The van der Waals surface area contributed by atoms with Crippen LogP contribution in [0, 0.1) is 5.92 Å². The first-order valence-electron chi connectivity index (χ1n) is 7.21. The summed E-state index contributed by atoms with van der Waals surface area (Å²) in [6.45, 7) is 4.15. The van der Waals surface area contributed by atoms with Crippen molar-refractivity contribution in [3.8, 4) is 0 Å². The van der Waals surface area contributed by atoms with Gasteiger partial charge in [-0.3, -0.25) is 4.79 Å². The van der Waals surface area contributed by atoms with Crippen LogP contribution in [0.15, 0.2) is 0 Å². The second-order valence-electron chi connectivity index (χ2n) is 5.58. The molecule has 0 saturated heterocycles. The number of rotatable bonds is 5. The van der Waals surface area contributed by atoms with Gasteiger partial charge in [0.05, 0.1) is 5.92 Å². The molecule has 0 aromatic carbocycles. The summed E-state index contributed by atoms with van der Waals surface area (Å²) in [7, 11) is 1.82. The number of aliphatic carboxylic acids is 1. The van der Waals surface area contributed by atoms with Crippen LogP contribution in [0.25, 0.3) is 0 Å². The zero-order valence-electron chi connectivity index (χ0n) is 12.2. The Bertz CT molecular complexity index is 312. The number of hydrogen-bond donors (Lipinski definition) is 2. The summed E-state index contributed by atoms with van der Waals surface area (Å²) in [5.41, 5.74) is 0. The van der Waals surface area contributed by atoms with Crippen LogP contribution in [0.1, 0.15) is 52.4 Å². The van der Waals surface area contributed by atoms with Gasteiger partial charge >= 0.3 is 12.0 Å². The van der Waals surface area contributed by atoms with Gasteiger partial charge in [0.15, 0.2) is 0 Å². The average molecular weight is 270 g/mol. The minimum atomic E-state index is -0.710. The summed E-state index contributed by atoms with van der Waals surface area (Å²) in [5, 5.41) is 11.9. The smallest absolute Gasteiger partial charge is 0.317 e. The molecule has 0 heterocycles. The molecule has 5 heteroatoms. The van der Waals surface area contributed by atoms with Crippen LogP contribution < -0.4 is 5.32 Å². The summed E-state index contributed by atoms with van der Waals surface area (Å²) in [5.74, 6) is -0.941. The van der Waals surface area contributed by atoms with Gasteiger partial charge in [-0.1, -0.05) is 13.3 Å². The summed E-state index contributed by atoms with van der Waals surface area (Å²) >= 11 is 0. The number of nitrogens with zero attached hydrogens (tertiary/aromatic N) is 1. The van der Waals surface area contributed by atoms with Gasteiger partial charge in [-0.25, -0.2) is 4.79 Å². The lowest BCUT2D eigenvalue weighted by Gasteiger charge is -2.31. The fraction of sp³-hybridized carbons (Fsp3) is 0.857. The van der Waals surface area contributed by atoms with E-state index in [-0.39, 0.29) is 24.0 Å². The van der Waals surface area contributed by atoms with Gasteiger partial charge in [-0.2, -0.15) is 0 Å². The molecule has 0 spiro atoms. The van der Waals surface area contributed by atoms with Crippen molar-refractivity contribution in [2.45, 2.75) is 64.5 Å². The van der Waals surface area contributed by atoms with Crippen LogP contribution in [-0.2, 0) is 4.79 Å². The molecular weight excluding hydrogens is 244 g/mol. The van der Waals surface area contributed by atoms with Gasteiger partial charge in [-0.15, -0.1) is 0 Å². The average Bonchev–Trinajstić information content (AvgIpc) is 2.38. The molecule has 2 amide bonds. The first-order valence-corrected chi connectivity index (χ1v) is 7.21. The first kappa shape index (κ1) is 15.8. The molecule has 1 rings (SSSR count). The van der Waals surface area contributed by atoms with Gasteiger partial charge < -0.3 is 15.3 Å². The predicted molar refractivity (Wildman–Crippen MR) is 74.0 cm³/mol. The van der Waals surface area contributed by atoms with Crippen LogP contribution >= 0.6 is 0 Å². The number of urea groups is 1. The van der Waals surface area contributed by atoms with Crippen LogP contribution in [0.5, 0.6) is 0 Å². The van der Waals surface area contributed by atoms with Crippen molar-refractivity contribution in [3.05, 3.63) is 0 Å². The predicted octanol–water partition coefficient (Wildman–Crippen LogP) is 2.46. The SMILES string of the molecule is CCCC(C)N(C)C(=O)NC1CCC(C(=O)O)CC1. The largest absolute Gasteiger partial charge is 0.481 e.